The Kier molecular flexibility index (Phi) is 6.81. The molecule has 0 aromatic heterocycles. The highest BCUT2D eigenvalue weighted by molar-refractivity contribution is 7.91. The smallest absolute Gasteiger partial charge is 0.324 e. The van der Waals surface area contributed by atoms with Gasteiger partial charge in [-0.3, -0.25) is 9.69 Å². The van der Waals surface area contributed by atoms with E-state index in [0.717, 1.165) is 31.0 Å². The van der Waals surface area contributed by atoms with Crippen molar-refractivity contribution in [3.8, 4) is 0 Å². The minimum Gasteiger partial charge on any atom is -0.324 e. The number of alkyl halides is 3. The number of amides is 1. The van der Waals surface area contributed by atoms with Gasteiger partial charge in [0.25, 0.3) is 0 Å². The second kappa shape index (κ2) is 8.36. The number of sulfone groups is 1. The van der Waals surface area contributed by atoms with E-state index in [-0.39, 0.29) is 23.3 Å². The predicted octanol–water partition coefficient (Wildman–Crippen LogP) is 3.58. The topological polar surface area (TPSA) is 66.5 Å². The van der Waals surface area contributed by atoms with Gasteiger partial charge >= 0.3 is 6.18 Å². The van der Waals surface area contributed by atoms with Gasteiger partial charge in [0.1, 0.15) is 0 Å². The van der Waals surface area contributed by atoms with Gasteiger partial charge in [0.2, 0.25) is 5.91 Å². The molecule has 0 bridgehead atoms. The molecule has 0 saturated heterocycles. The summed E-state index contributed by atoms with van der Waals surface area (Å²) in [6.45, 7) is -0.150. The van der Waals surface area contributed by atoms with Crippen LogP contribution in [0.2, 0.25) is 5.02 Å². The molecule has 27 heavy (non-hydrogen) atoms. The third kappa shape index (κ3) is 5.83. The van der Waals surface area contributed by atoms with E-state index in [0.29, 0.717) is 12.8 Å². The van der Waals surface area contributed by atoms with Crippen LogP contribution in [0, 0.1) is 0 Å². The zero-order valence-electron chi connectivity index (χ0n) is 15.0. The maximum atomic E-state index is 12.8. The van der Waals surface area contributed by atoms with Crippen LogP contribution in [-0.2, 0) is 20.8 Å². The highest BCUT2D eigenvalue weighted by Crippen LogP contribution is 2.34. The Balaban J connectivity index is 2.09. The van der Waals surface area contributed by atoms with E-state index >= 15 is 0 Å². The number of carbonyl (C=O) groups excluding carboxylic acids is 1. The molecule has 1 aromatic rings. The van der Waals surface area contributed by atoms with Crippen molar-refractivity contribution in [3.63, 3.8) is 0 Å². The summed E-state index contributed by atoms with van der Waals surface area (Å²) in [6.07, 6.45) is -0.505. The average molecular weight is 427 g/mol. The summed E-state index contributed by atoms with van der Waals surface area (Å²) in [7, 11) is -1.62. The van der Waals surface area contributed by atoms with Crippen molar-refractivity contribution in [2.24, 2.45) is 0 Å². The monoisotopic (exact) mass is 426 g/mol. The van der Waals surface area contributed by atoms with E-state index in [1.807, 2.05) is 0 Å². The van der Waals surface area contributed by atoms with Gasteiger partial charge < -0.3 is 5.32 Å². The van der Waals surface area contributed by atoms with Crippen LogP contribution in [0.15, 0.2) is 18.2 Å². The number of nitrogens with one attached hydrogen (secondary N) is 1. The zero-order chi connectivity index (χ0) is 20.4. The second-order valence-electron chi connectivity index (χ2n) is 6.88. The fourth-order valence-corrected chi connectivity index (χ4v) is 5.09. The summed E-state index contributed by atoms with van der Waals surface area (Å²) in [5.74, 6) is -0.559. The molecule has 0 aliphatic heterocycles. The summed E-state index contributed by atoms with van der Waals surface area (Å²) in [5, 5.41) is 1.82. The van der Waals surface area contributed by atoms with Crippen molar-refractivity contribution in [1.82, 2.24) is 4.90 Å². The van der Waals surface area contributed by atoms with Crippen LogP contribution < -0.4 is 5.32 Å². The lowest BCUT2D eigenvalue weighted by molar-refractivity contribution is -0.137. The normalized spacial score (nSPS) is 21.3. The molecule has 1 saturated carbocycles. The van der Waals surface area contributed by atoms with Gasteiger partial charge in [-0.25, -0.2) is 8.42 Å². The highest BCUT2D eigenvalue weighted by atomic mass is 35.5. The van der Waals surface area contributed by atoms with Crippen LogP contribution in [0.3, 0.4) is 0 Å². The lowest BCUT2D eigenvalue weighted by atomic mass is 9.94. The maximum absolute atomic E-state index is 12.8. The molecule has 1 N–H and O–H groups in total. The maximum Gasteiger partial charge on any atom is 0.416 e. The molecular formula is C17H22ClF3N2O3S. The first-order valence-corrected chi connectivity index (χ1v) is 10.8. The summed E-state index contributed by atoms with van der Waals surface area (Å²) >= 11 is 5.88. The molecule has 1 aliphatic rings. The van der Waals surface area contributed by atoms with Gasteiger partial charge in [0.05, 0.1) is 28.1 Å². The quantitative estimate of drug-likeness (QED) is 0.781. The van der Waals surface area contributed by atoms with Crippen molar-refractivity contribution < 1.29 is 26.4 Å². The molecule has 152 valence electrons. The van der Waals surface area contributed by atoms with Crippen molar-refractivity contribution in [2.45, 2.75) is 43.2 Å². The third-order valence-corrected chi connectivity index (χ3v) is 6.72. The summed E-state index contributed by atoms with van der Waals surface area (Å²) in [6, 6.07) is 2.38. The largest absolute Gasteiger partial charge is 0.416 e. The Hall–Kier alpha value is -1.32. The predicted molar refractivity (Wildman–Crippen MR) is 98.6 cm³/mol. The van der Waals surface area contributed by atoms with Crippen molar-refractivity contribution in [1.29, 1.82) is 0 Å². The number of benzene rings is 1. The molecule has 0 heterocycles. The molecule has 2 atom stereocenters. The molecule has 1 amide bonds. The molecular weight excluding hydrogens is 405 g/mol. The standard InChI is InChI=1S/C17H22ClF3N2O3S/c1-23(14-5-3-4-6-15(14)27(2,25)26)10-16(24)22-13-9-11(17(19,20)21)7-8-12(13)18/h7-9,14-15H,3-6,10H2,1-2H3,(H,22,24)/t14-,15-/m0/s1. The molecule has 5 nitrogen and oxygen atoms in total. The SMILES string of the molecule is CN(CC(=O)Nc1cc(C(F)(F)F)ccc1Cl)[C@H]1CCCC[C@@H]1S(C)(=O)=O. The molecule has 1 aromatic carbocycles. The van der Waals surface area contributed by atoms with Crippen molar-refractivity contribution in [3.05, 3.63) is 28.8 Å². The Morgan fingerprint density at radius 1 is 1.30 bits per heavy atom. The Morgan fingerprint density at radius 3 is 2.52 bits per heavy atom. The van der Waals surface area contributed by atoms with Crippen LogP contribution in [0.4, 0.5) is 18.9 Å². The van der Waals surface area contributed by atoms with Gasteiger partial charge in [-0.1, -0.05) is 24.4 Å². The summed E-state index contributed by atoms with van der Waals surface area (Å²) in [4.78, 5) is 13.9. The molecule has 1 aliphatic carbocycles. The molecule has 2 rings (SSSR count). The van der Waals surface area contributed by atoms with Gasteiger partial charge in [-0.15, -0.1) is 0 Å². The summed E-state index contributed by atoms with van der Waals surface area (Å²) < 4.78 is 62.5. The minimum atomic E-state index is -4.55. The van der Waals surface area contributed by atoms with Crippen LogP contribution in [0.1, 0.15) is 31.2 Å². The average Bonchev–Trinajstić information content (AvgIpc) is 2.55. The van der Waals surface area contributed by atoms with Crippen LogP contribution in [-0.4, -0.2) is 50.4 Å². The third-order valence-electron chi connectivity index (χ3n) is 4.74. The van der Waals surface area contributed by atoms with E-state index in [9.17, 15) is 26.4 Å². The molecule has 0 unspecified atom stereocenters. The lowest BCUT2D eigenvalue weighted by Gasteiger charge is -2.36. The number of halogens is 4. The van der Waals surface area contributed by atoms with E-state index in [4.69, 9.17) is 11.6 Å². The molecule has 0 radical (unpaired) electrons. The van der Waals surface area contributed by atoms with Gasteiger partial charge in [0, 0.05) is 12.3 Å². The number of anilines is 1. The lowest BCUT2D eigenvalue weighted by Crippen LogP contribution is -2.49. The number of nitrogens with zero attached hydrogens (tertiary/aromatic N) is 1. The Labute approximate surface area is 161 Å². The first kappa shape index (κ1) is 22.0. The molecule has 10 heteroatoms. The number of rotatable bonds is 5. The highest BCUT2D eigenvalue weighted by Gasteiger charge is 2.36. The van der Waals surface area contributed by atoms with E-state index < -0.39 is 32.7 Å². The van der Waals surface area contributed by atoms with Gasteiger partial charge in [0.15, 0.2) is 9.84 Å². The first-order chi connectivity index (χ1) is 12.4. The number of hydrogen-bond acceptors (Lipinski definition) is 4. The van der Waals surface area contributed by atoms with Gasteiger partial charge in [-0.2, -0.15) is 13.2 Å². The number of carbonyl (C=O) groups is 1. The van der Waals surface area contributed by atoms with Crippen molar-refractivity contribution in [2.75, 3.05) is 25.2 Å². The minimum absolute atomic E-state index is 0.00863. The van der Waals surface area contributed by atoms with E-state index in [2.05, 4.69) is 5.32 Å². The fraction of sp³-hybridized carbons (Fsp3) is 0.588. The van der Waals surface area contributed by atoms with E-state index in [1.54, 1.807) is 11.9 Å². The first-order valence-electron chi connectivity index (χ1n) is 8.45. The Bertz CT molecular complexity index is 799. The molecule has 0 spiro atoms. The van der Waals surface area contributed by atoms with Crippen LogP contribution in [0.5, 0.6) is 0 Å². The second-order valence-corrected chi connectivity index (χ2v) is 9.55. The van der Waals surface area contributed by atoms with Gasteiger partial charge in [-0.05, 0) is 38.1 Å². The van der Waals surface area contributed by atoms with Crippen molar-refractivity contribution >= 4 is 33.0 Å². The van der Waals surface area contributed by atoms with E-state index in [1.165, 1.54) is 6.26 Å². The fourth-order valence-electron chi connectivity index (χ4n) is 3.41. The molecule has 1 fully saturated rings. The summed E-state index contributed by atoms with van der Waals surface area (Å²) in [5.41, 5.74) is -1.05. The zero-order valence-corrected chi connectivity index (χ0v) is 16.6. The number of hydrogen-bond donors (Lipinski definition) is 1. The number of likely N-dealkylation sites (N-methyl/N-ethyl adjacent to an activating group) is 1. The van der Waals surface area contributed by atoms with Crippen LogP contribution in [0.25, 0.3) is 0 Å². The Morgan fingerprint density at radius 2 is 1.93 bits per heavy atom. The van der Waals surface area contributed by atoms with Crippen LogP contribution >= 0.6 is 11.6 Å².